The monoisotopic (exact) mass is 452 g/mol. The second kappa shape index (κ2) is 10.7. The molecule has 0 bridgehead atoms. The molecular weight excluding hydrogens is 424 g/mol. The number of rotatable bonds is 3. The lowest BCUT2D eigenvalue weighted by Gasteiger charge is -2.09. The highest BCUT2D eigenvalue weighted by molar-refractivity contribution is 5.71. The molecule has 33 heavy (non-hydrogen) atoms. The summed E-state index contributed by atoms with van der Waals surface area (Å²) < 4.78 is 7.73. The fraction of sp³-hybridized carbons (Fsp3) is 0.478. The number of nitrogens with zero attached hydrogens (tertiary/aromatic N) is 5. The summed E-state index contributed by atoms with van der Waals surface area (Å²) in [6.07, 6.45) is 8.69. The number of nitrogens with one attached hydrogen (secondary N) is 1. The minimum atomic E-state index is -0.366. The standard InChI is InChI=1S/C15H16N4O2.C6H6N2O2.C2H6/c1-2-3-4-11-16-12-13(17-11)18(9-5-6-9)15(21)19(14(12)20)10-7-8-10;1-5(9)10-6-2-7-4-8-3-6;1-2/h9-10H,2,5-8H2,1H3,(H,16,17);2-4H,1H3;1-2H3. The van der Waals surface area contributed by atoms with Gasteiger partial charge >= 0.3 is 11.7 Å². The van der Waals surface area contributed by atoms with Crippen LogP contribution in [0.1, 0.15) is 77.7 Å². The van der Waals surface area contributed by atoms with Gasteiger partial charge in [-0.05, 0) is 31.6 Å². The van der Waals surface area contributed by atoms with E-state index in [9.17, 15) is 14.4 Å². The van der Waals surface area contributed by atoms with Gasteiger partial charge in [-0.25, -0.2) is 19.7 Å². The number of aromatic amines is 1. The average Bonchev–Trinajstić information content (AvgIpc) is 3.74. The van der Waals surface area contributed by atoms with Crippen molar-refractivity contribution in [2.45, 2.75) is 71.9 Å². The van der Waals surface area contributed by atoms with Crippen molar-refractivity contribution >= 4 is 17.1 Å². The number of esters is 1. The fourth-order valence-electron chi connectivity index (χ4n) is 3.15. The number of aromatic nitrogens is 6. The van der Waals surface area contributed by atoms with Crippen LogP contribution in [0.4, 0.5) is 0 Å². The van der Waals surface area contributed by atoms with E-state index in [1.54, 1.807) is 4.57 Å². The molecular formula is C23H28N6O4. The zero-order chi connectivity index (χ0) is 24.0. The van der Waals surface area contributed by atoms with Gasteiger partial charge < -0.3 is 9.72 Å². The Balaban J connectivity index is 0.000000216. The van der Waals surface area contributed by atoms with E-state index in [1.165, 1.54) is 30.2 Å². The Hall–Kier alpha value is -3.74. The molecule has 0 atom stereocenters. The number of ether oxygens (including phenoxy) is 1. The van der Waals surface area contributed by atoms with Crippen LogP contribution in [0.2, 0.25) is 0 Å². The Labute approximate surface area is 191 Å². The van der Waals surface area contributed by atoms with Crippen molar-refractivity contribution in [2.75, 3.05) is 0 Å². The predicted octanol–water partition coefficient (Wildman–Crippen LogP) is 2.75. The first-order chi connectivity index (χ1) is 16.0. The third kappa shape index (κ3) is 5.74. The van der Waals surface area contributed by atoms with Crippen molar-refractivity contribution in [1.82, 2.24) is 29.1 Å². The van der Waals surface area contributed by atoms with Gasteiger partial charge in [0.25, 0.3) is 5.56 Å². The molecule has 2 fully saturated rings. The van der Waals surface area contributed by atoms with E-state index in [-0.39, 0.29) is 29.3 Å². The zero-order valence-electron chi connectivity index (χ0n) is 19.3. The van der Waals surface area contributed by atoms with Crippen LogP contribution in [0.5, 0.6) is 5.75 Å². The maximum Gasteiger partial charge on any atom is 0.333 e. The topological polar surface area (TPSA) is 125 Å². The molecule has 0 radical (unpaired) electrons. The number of H-pyrrole nitrogens is 1. The first-order valence-corrected chi connectivity index (χ1v) is 11.2. The molecule has 174 valence electrons. The molecule has 2 aliphatic carbocycles. The molecule has 3 heterocycles. The van der Waals surface area contributed by atoms with Crippen LogP contribution in [0.25, 0.3) is 11.2 Å². The lowest BCUT2D eigenvalue weighted by atomic mass is 10.4. The van der Waals surface area contributed by atoms with Gasteiger partial charge in [-0.15, -0.1) is 0 Å². The van der Waals surface area contributed by atoms with Crippen molar-refractivity contribution in [2.24, 2.45) is 0 Å². The van der Waals surface area contributed by atoms with E-state index in [4.69, 9.17) is 0 Å². The number of hydrogen-bond acceptors (Lipinski definition) is 7. The second-order valence-electron chi connectivity index (χ2n) is 7.40. The average molecular weight is 453 g/mol. The van der Waals surface area contributed by atoms with E-state index in [1.807, 2.05) is 20.8 Å². The van der Waals surface area contributed by atoms with Crippen LogP contribution in [0.15, 0.2) is 28.3 Å². The Morgan fingerprint density at radius 3 is 2.27 bits per heavy atom. The second-order valence-corrected chi connectivity index (χ2v) is 7.40. The predicted molar refractivity (Wildman–Crippen MR) is 123 cm³/mol. The van der Waals surface area contributed by atoms with Crippen molar-refractivity contribution < 1.29 is 9.53 Å². The zero-order valence-corrected chi connectivity index (χ0v) is 19.3. The highest BCUT2D eigenvalue weighted by Crippen LogP contribution is 2.36. The van der Waals surface area contributed by atoms with Crippen LogP contribution in [-0.4, -0.2) is 35.0 Å². The van der Waals surface area contributed by atoms with Crippen molar-refractivity contribution in [3.8, 4) is 17.6 Å². The van der Waals surface area contributed by atoms with Gasteiger partial charge in [0.1, 0.15) is 6.33 Å². The number of hydrogen-bond donors (Lipinski definition) is 1. The summed E-state index contributed by atoms with van der Waals surface area (Å²) in [4.78, 5) is 50.2. The fourth-order valence-corrected chi connectivity index (χ4v) is 3.15. The summed E-state index contributed by atoms with van der Waals surface area (Å²) in [6.45, 7) is 7.28. The Morgan fingerprint density at radius 1 is 1.12 bits per heavy atom. The molecule has 0 spiro atoms. The maximum absolute atomic E-state index is 12.6. The molecule has 0 saturated heterocycles. The van der Waals surface area contributed by atoms with Gasteiger partial charge in [-0.3, -0.25) is 18.7 Å². The lowest BCUT2D eigenvalue weighted by Crippen LogP contribution is -2.39. The third-order valence-corrected chi connectivity index (χ3v) is 4.76. The minimum Gasteiger partial charge on any atom is -0.423 e. The molecule has 1 N–H and O–H groups in total. The largest absolute Gasteiger partial charge is 0.423 e. The third-order valence-electron chi connectivity index (χ3n) is 4.76. The van der Waals surface area contributed by atoms with E-state index >= 15 is 0 Å². The van der Waals surface area contributed by atoms with Gasteiger partial charge in [0.2, 0.25) is 0 Å². The first kappa shape index (κ1) is 23.9. The Kier molecular flexibility index (Phi) is 7.77. The quantitative estimate of drug-likeness (QED) is 0.478. The van der Waals surface area contributed by atoms with E-state index < -0.39 is 0 Å². The summed E-state index contributed by atoms with van der Waals surface area (Å²) >= 11 is 0. The summed E-state index contributed by atoms with van der Waals surface area (Å²) in [5.41, 5.74) is 0.407. The number of imidazole rings is 1. The Bertz CT molecular complexity index is 1290. The van der Waals surface area contributed by atoms with Crippen LogP contribution >= 0.6 is 0 Å². The first-order valence-electron chi connectivity index (χ1n) is 11.2. The molecule has 2 saturated carbocycles. The summed E-state index contributed by atoms with van der Waals surface area (Å²) in [6, 6.07) is 0.244. The number of carbonyl (C=O) groups is 1. The van der Waals surface area contributed by atoms with Crippen molar-refractivity contribution in [3.63, 3.8) is 0 Å². The van der Waals surface area contributed by atoms with E-state index in [0.29, 0.717) is 22.7 Å². The number of carbonyl (C=O) groups excluding carboxylic acids is 1. The van der Waals surface area contributed by atoms with Crippen LogP contribution in [-0.2, 0) is 4.79 Å². The molecule has 2 aliphatic rings. The van der Waals surface area contributed by atoms with Crippen LogP contribution in [0.3, 0.4) is 0 Å². The van der Waals surface area contributed by atoms with E-state index in [0.717, 1.165) is 32.1 Å². The molecule has 10 heteroatoms. The van der Waals surface area contributed by atoms with Gasteiger partial charge in [0, 0.05) is 25.4 Å². The highest BCUT2D eigenvalue weighted by atomic mass is 16.5. The minimum absolute atomic E-state index is 0.0628. The van der Waals surface area contributed by atoms with Gasteiger partial charge in [-0.1, -0.05) is 26.7 Å². The van der Waals surface area contributed by atoms with Crippen molar-refractivity contribution in [1.29, 1.82) is 0 Å². The normalized spacial score (nSPS) is 14.2. The number of fused-ring (bicyclic) bond motifs is 1. The Morgan fingerprint density at radius 2 is 1.73 bits per heavy atom. The van der Waals surface area contributed by atoms with Crippen LogP contribution in [0, 0.1) is 11.8 Å². The summed E-state index contributed by atoms with van der Waals surface area (Å²) in [7, 11) is 0. The van der Waals surface area contributed by atoms with Crippen molar-refractivity contribution in [3.05, 3.63) is 45.4 Å². The maximum atomic E-state index is 12.6. The SMILES string of the molecule is CC.CC(=O)Oc1cncnc1.CCC#Cc1nc2c([nH]1)c(=O)n(C1CC1)c(=O)n2C1CC1. The smallest absolute Gasteiger partial charge is 0.333 e. The highest BCUT2D eigenvalue weighted by Gasteiger charge is 2.34. The van der Waals surface area contributed by atoms with Gasteiger partial charge in [0.15, 0.2) is 22.7 Å². The summed E-state index contributed by atoms with van der Waals surface area (Å²) in [5.74, 6) is 6.30. The molecule has 3 aromatic heterocycles. The van der Waals surface area contributed by atoms with E-state index in [2.05, 4.69) is 36.5 Å². The van der Waals surface area contributed by atoms with Gasteiger partial charge in [0.05, 0.1) is 12.4 Å². The molecule has 0 aromatic carbocycles. The molecule has 0 aliphatic heterocycles. The van der Waals surface area contributed by atoms with Crippen LogP contribution < -0.4 is 16.0 Å². The molecule has 10 nitrogen and oxygen atoms in total. The summed E-state index contributed by atoms with van der Waals surface area (Å²) in [5, 5.41) is 0. The lowest BCUT2D eigenvalue weighted by molar-refractivity contribution is -0.131. The molecule has 5 rings (SSSR count). The molecule has 0 unspecified atom stereocenters. The molecule has 3 aromatic rings. The molecule has 0 amide bonds. The van der Waals surface area contributed by atoms with Gasteiger partial charge in [-0.2, -0.15) is 0 Å².